The van der Waals surface area contributed by atoms with Gasteiger partial charge in [0.2, 0.25) is 12.7 Å². The molecule has 5 rings (SSSR count). The number of carbonyl (C=O) groups excluding carboxylic acids is 1. The zero-order valence-electron chi connectivity index (χ0n) is 17.9. The lowest BCUT2D eigenvalue weighted by Gasteiger charge is -2.15. The number of hydrogen-bond acceptors (Lipinski definition) is 6. The first-order valence-corrected chi connectivity index (χ1v) is 11.4. The second-order valence-electron chi connectivity index (χ2n) is 7.59. The third-order valence-corrected chi connectivity index (χ3v) is 6.30. The van der Waals surface area contributed by atoms with E-state index in [0.29, 0.717) is 34.1 Å². The van der Waals surface area contributed by atoms with E-state index in [0.717, 1.165) is 16.8 Å². The van der Waals surface area contributed by atoms with E-state index in [9.17, 15) is 9.59 Å². The molecule has 0 saturated carbocycles. The molecule has 0 unspecified atom stereocenters. The summed E-state index contributed by atoms with van der Waals surface area (Å²) in [6.45, 7) is 2.53. The van der Waals surface area contributed by atoms with Crippen LogP contribution in [-0.4, -0.2) is 28.0 Å². The molecule has 1 N–H and O–H groups in total. The van der Waals surface area contributed by atoms with E-state index in [2.05, 4.69) is 5.32 Å². The Morgan fingerprint density at radius 2 is 1.85 bits per heavy atom. The highest BCUT2D eigenvalue weighted by Crippen LogP contribution is 2.32. The third-order valence-electron chi connectivity index (χ3n) is 5.36. The van der Waals surface area contributed by atoms with Gasteiger partial charge in [0.15, 0.2) is 16.7 Å². The molecule has 4 aromatic rings. The quantitative estimate of drug-likeness (QED) is 0.349. The van der Waals surface area contributed by atoms with Crippen molar-refractivity contribution in [2.75, 3.05) is 12.5 Å². The smallest absolute Gasteiger partial charge is 0.266 e. The van der Waals surface area contributed by atoms with Gasteiger partial charge in [-0.2, -0.15) is 0 Å². The molecule has 8 heteroatoms. The molecule has 0 atom stereocenters. The number of thioether (sulfide) groups is 1. The predicted molar refractivity (Wildman–Crippen MR) is 127 cm³/mol. The van der Waals surface area contributed by atoms with Crippen LogP contribution >= 0.6 is 11.8 Å². The van der Waals surface area contributed by atoms with Gasteiger partial charge in [-0.1, -0.05) is 48.2 Å². The topological polar surface area (TPSA) is 82.5 Å². The van der Waals surface area contributed by atoms with Gasteiger partial charge in [-0.05, 0) is 48.4 Å². The van der Waals surface area contributed by atoms with Crippen LogP contribution in [0.1, 0.15) is 11.1 Å². The molecule has 33 heavy (non-hydrogen) atoms. The molecule has 166 valence electrons. The zero-order chi connectivity index (χ0) is 22.8. The third kappa shape index (κ3) is 4.29. The minimum absolute atomic E-state index is 0.126. The minimum Gasteiger partial charge on any atom is -0.454 e. The summed E-state index contributed by atoms with van der Waals surface area (Å²) in [6.07, 6.45) is 0. The summed E-state index contributed by atoms with van der Waals surface area (Å²) >= 11 is 1.24. The number of nitrogens with zero attached hydrogens (tertiary/aromatic N) is 2. The lowest BCUT2D eigenvalue weighted by molar-refractivity contribution is -0.118. The van der Waals surface area contributed by atoms with Crippen molar-refractivity contribution in [3.63, 3.8) is 0 Å². The Bertz CT molecular complexity index is 1420. The Balaban J connectivity index is 1.37. The van der Waals surface area contributed by atoms with Crippen LogP contribution in [0, 0.1) is 6.92 Å². The molecule has 0 radical (unpaired) electrons. The number of hydrogen-bond donors (Lipinski definition) is 1. The lowest BCUT2D eigenvalue weighted by atomic mass is 10.2. The van der Waals surface area contributed by atoms with Crippen LogP contribution in [0.4, 0.5) is 0 Å². The Kier molecular flexibility index (Phi) is 5.75. The Morgan fingerprint density at radius 3 is 2.73 bits per heavy atom. The maximum atomic E-state index is 13.3. The highest BCUT2D eigenvalue weighted by molar-refractivity contribution is 7.99. The van der Waals surface area contributed by atoms with Gasteiger partial charge in [0.25, 0.3) is 5.56 Å². The fraction of sp³-hybridized carbons (Fsp3) is 0.160. The van der Waals surface area contributed by atoms with Gasteiger partial charge in [0.1, 0.15) is 0 Å². The summed E-state index contributed by atoms with van der Waals surface area (Å²) in [6, 6.07) is 20.5. The maximum absolute atomic E-state index is 13.3. The molecule has 2 heterocycles. The van der Waals surface area contributed by atoms with Crippen molar-refractivity contribution in [1.29, 1.82) is 0 Å². The predicted octanol–water partition coefficient (Wildman–Crippen LogP) is 3.83. The number of carbonyl (C=O) groups is 1. The van der Waals surface area contributed by atoms with Gasteiger partial charge in [0.05, 0.1) is 22.3 Å². The Morgan fingerprint density at radius 1 is 1.06 bits per heavy atom. The number of aromatic nitrogens is 2. The van der Waals surface area contributed by atoms with Crippen LogP contribution in [0.3, 0.4) is 0 Å². The van der Waals surface area contributed by atoms with Gasteiger partial charge >= 0.3 is 0 Å². The molecule has 0 bridgehead atoms. The lowest BCUT2D eigenvalue weighted by Crippen LogP contribution is -2.26. The number of aryl methyl sites for hydroxylation is 1. The zero-order valence-corrected chi connectivity index (χ0v) is 18.7. The molecule has 1 aliphatic rings. The molecule has 0 spiro atoms. The highest BCUT2D eigenvalue weighted by Gasteiger charge is 2.17. The van der Waals surface area contributed by atoms with Crippen molar-refractivity contribution in [2.24, 2.45) is 0 Å². The Hall–Kier alpha value is -3.78. The molecule has 0 saturated heterocycles. The molecule has 1 amide bonds. The summed E-state index contributed by atoms with van der Waals surface area (Å²) in [7, 11) is 0. The molecule has 1 aromatic heterocycles. The number of fused-ring (bicyclic) bond motifs is 2. The average Bonchev–Trinajstić information content (AvgIpc) is 3.30. The number of nitrogens with one attached hydrogen (secondary N) is 1. The number of benzene rings is 3. The largest absolute Gasteiger partial charge is 0.454 e. The highest BCUT2D eigenvalue weighted by atomic mass is 32.2. The van der Waals surface area contributed by atoms with E-state index in [4.69, 9.17) is 14.5 Å². The molecular weight excluding hydrogens is 438 g/mol. The number of ether oxygens (including phenoxy) is 2. The van der Waals surface area contributed by atoms with E-state index >= 15 is 0 Å². The van der Waals surface area contributed by atoms with Crippen LogP contribution in [0.15, 0.2) is 76.7 Å². The molecule has 1 aliphatic heterocycles. The van der Waals surface area contributed by atoms with Crippen LogP contribution in [0.25, 0.3) is 16.6 Å². The second-order valence-corrected chi connectivity index (χ2v) is 8.53. The van der Waals surface area contributed by atoms with Gasteiger partial charge < -0.3 is 14.8 Å². The minimum atomic E-state index is -0.156. The maximum Gasteiger partial charge on any atom is 0.266 e. The van der Waals surface area contributed by atoms with Crippen LogP contribution in [-0.2, 0) is 11.3 Å². The van der Waals surface area contributed by atoms with E-state index in [1.165, 1.54) is 11.8 Å². The normalized spacial score (nSPS) is 12.2. The number of para-hydroxylation sites is 2. The summed E-state index contributed by atoms with van der Waals surface area (Å²) < 4.78 is 12.3. The standard InChI is InChI=1S/C25H21N3O4S/c1-16-6-2-5-9-20(16)28-24(30)18-7-3-4-8-19(18)27-25(28)33-14-23(29)26-13-17-10-11-21-22(12-17)32-15-31-21/h2-12H,13-15H2,1H3,(H,26,29). The van der Waals surface area contributed by atoms with E-state index in [1.54, 1.807) is 10.6 Å². The first-order valence-electron chi connectivity index (χ1n) is 10.5. The van der Waals surface area contributed by atoms with Crippen molar-refractivity contribution in [1.82, 2.24) is 14.9 Å². The van der Waals surface area contributed by atoms with Crippen LogP contribution in [0.5, 0.6) is 11.5 Å². The van der Waals surface area contributed by atoms with Gasteiger partial charge in [-0.3, -0.25) is 14.2 Å². The summed E-state index contributed by atoms with van der Waals surface area (Å²) in [5.41, 5.74) is 3.07. The van der Waals surface area contributed by atoms with Crippen molar-refractivity contribution in [2.45, 2.75) is 18.6 Å². The van der Waals surface area contributed by atoms with Gasteiger partial charge in [-0.15, -0.1) is 0 Å². The first-order chi connectivity index (χ1) is 16.1. The SMILES string of the molecule is Cc1ccccc1-n1c(SCC(=O)NCc2ccc3c(c2)OCO3)nc2ccccc2c1=O. The van der Waals surface area contributed by atoms with E-state index in [-0.39, 0.29) is 24.0 Å². The van der Waals surface area contributed by atoms with Crippen LogP contribution < -0.4 is 20.3 Å². The van der Waals surface area contributed by atoms with E-state index in [1.807, 2.05) is 67.6 Å². The van der Waals surface area contributed by atoms with Crippen molar-refractivity contribution >= 4 is 28.6 Å². The molecule has 0 aliphatic carbocycles. The van der Waals surface area contributed by atoms with Gasteiger partial charge in [-0.25, -0.2) is 4.98 Å². The van der Waals surface area contributed by atoms with Gasteiger partial charge in [0, 0.05) is 6.54 Å². The molecule has 3 aromatic carbocycles. The fourth-order valence-corrected chi connectivity index (χ4v) is 4.50. The number of rotatable bonds is 6. The monoisotopic (exact) mass is 459 g/mol. The molecule has 7 nitrogen and oxygen atoms in total. The number of amides is 1. The first kappa shape index (κ1) is 21.1. The van der Waals surface area contributed by atoms with Crippen molar-refractivity contribution in [3.05, 3.63) is 88.2 Å². The summed E-state index contributed by atoms with van der Waals surface area (Å²) in [5.74, 6) is 1.36. The second kappa shape index (κ2) is 8.99. The molecule has 0 fully saturated rings. The Labute approximate surface area is 194 Å². The summed E-state index contributed by atoms with van der Waals surface area (Å²) in [4.78, 5) is 30.6. The van der Waals surface area contributed by atoms with E-state index < -0.39 is 0 Å². The van der Waals surface area contributed by atoms with Crippen LogP contribution in [0.2, 0.25) is 0 Å². The summed E-state index contributed by atoms with van der Waals surface area (Å²) in [5, 5.41) is 3.93. The van der Waals surface area contributed by atoms with Crippen molar-refractivity contribution < 1.29 is 14.3 Å². The average molecular weight is 460 g/mol. The molecular formula is C25H21N3O4S. The fourth-order valence-electron chi connectivity index (χ4n) is 3.67. The van der Waals surface area contributed by atoms with Crippen molar-refractivity contribution in [3.8, 4) is 17.2 Å².